The second-order valence-corrected chi connectivity index (χ2v) is 5.59. The predicted molar refractivity (Wildman–Crippen MR) is 85.8 cm³/mol. The first-order valence-corrected chi connectivity index (χ1v) is 7.36. The molecule has 128 valence electrons. The smallest absolute Gasteiger partial charge is 0.234 e. The van der Waals surface area contributed by atoms with Gasteiger partial charge in [-0.05, 0) is 38.7 Å². The number of aromatic nitrogens is 1. The highest BCUT2D eigenvalue weighted by atomic mass is 19.2. The lowest BCUT2D eigenvalue weighted by Gasteiger charge is -2.13. The fourth-order valence-electron chi connectivity index (χ4n) is 2.00. The highest BCUT2D eigenvalue weighted by Crippen LogP contribution is 2.28. The molecule has 0 aliphatic rings. The van der Waals surface area contributed by atoms with Gasteiger partial charge in [0.25, 0.3) is 0 Å². The molecule has 0 fully saturated rings. The third-order valence-corrected chi connectivity index (χ3v) is 3.23. The van der Waals surface area contributed by atoms with Gasteiger partial charge in [-0.2, -0.15) is 4.39 Å². The number of aryl methyl sites for hydroxylation is 1. The minimum atomic E-state index is -1.07. The van der Waals surface area contributed by atoms with Gasteiger partial charge >= 0.3 is 0 Å². The average Bonchev–Trinajstić information content (AvgIpc) is 2.54. The van der Waals surface area contributed by atoms with Crippen LogP contribution in [0, 0.1) is 18.6 Å². The summed E-state index contributed by atoms with van der Waals surface area (Å²) in [5, 5.41) is 2.72. The second-order valence-electron chi connectivity index (χ2n) is 5.59. The molecule has 0 radical (unpaired) electrons. The first-order valence-electron chi connectivity index (χ1n) is 7.36. The summed E-state index contributed by atoms with van der Waals surface area (Å²) in [6.45, 7) is 1.88. The van der Waals surface area contributed by atoms with E-state index in [9.17, 15) is 13.6 Å². The Morgan fingerprint density at radius 3 is 2.71 bits per heavy atom. The van der Waals surface area contributed by atoms with Gasteiger partial charge < -0.3 is 15.0 Å². The second kappa shape index (κ2) is 7.83. The average molecular weight is 335 g/mol. The summed E-state index contributed by atoms with van der Waals surface area (Å²) in [4.78, 5) is 17.5. The van der Waals surface area contributed by atoms with Crippen LogP contribution in [0.15, 0.2) is 30.5 Å². The van der Waals surface area contributed by atoms with Crippen LogP contribution in [0.4, 0.5) is 8.78 Å². The van der Waals surface area contributed by atoms with Crippen molar-refractivity contribution in [3.63, 3.8) is 0 Å². The van der Waals surface area contributed by atoms with Gasteiger partial charge in [0.15, 0.2) is 11.6 Å². The van der Waals surface area contributed by atoms with E-state index in [1.165, 1.54) is 25.3 Å². The lowest BCUT2D eigenvalue weighted by atomic mass is 10.2. The van der Waals surface area contributed by atoms with Crippen molar-refractivity contribution in [3.05, 3.63) is 53.2 Å². The molecule has 0 aliphatic carbocycles. The van der Waals surface area contributed by atoms with Crippen molar-refractivity contribution in [2.45, 2.75) is 13.5 Å². The van der Waals surface area contributed by atoms with Crippen molar-refractivity contribution in [1.29, 1.82) is 0 Å². The molecule has 1 amide bonds. The number of likely N-dealkylation sites (N-methyl/N-ethyl adjacent to an activating group) is 1. The lowest BCUT2D eigenvalue weighted by Crippen LogP contribution is -2.32. The number of nitrogens with zero attached hydrogens (tertiary/aromatic N) is 2. The number of carbonyl (C=O) groups is 1. The molecule has 5 nitrogen and oxygen atoms in total. The minimum Gasteiger partial charge on any atom is -0.435 e. The SMILES string of the molecule is Cc1ccc(Oc2ncccc2CNC(=O)CN(C)C)c(F)c1F. The molecule has 2 aromatic rings. The van der Waals surface area contributed by atoms with E-state index in [-0.39, 0.29) is 36.2 Å². The predicted octanol–water partition coefficient (Wildman–Crippen LogP) is 2.64. The highest BCUT2D eigenvalue weighted by Gasteiger charge is 2.15. The van der Waals surface area contributed by atoms with Crippen LogP contribution >= 0.6 is 0 Å². The number of hydrogen-bond acceptors (Lipinski definition) is 4. The van der Waals surface area contributed by atoms with Crippen molar-refractivity contribution in [2.75, 3.05) is 20.6 Å². The molecule has 1 aromatic carbocycles. The van der Waals surface area contributed by atoms with Gasteiger partial charge in [-0.1, -0.05) is 12.1 Å². The Bertz CT molecular complexity index is 736. The summed E-state index contributed by atoms with van der Waals surface area (Å²) in [6, 6.07) is 6.14. The summed E-state index contributed by atoms with van der Waals surface area (Å²) in [5.41, 5.74) is 0.752. The Morgan fingerprint density at radius 2 is 2.00 bits per heavy atom. The summed E-state index contributed by atoms with van der Waals surface area (Å²) in [7, 11) is 3.57. The van der Waals surface area contributed by atoms with E-state index in [1.807, 2.05) is 0 Å². The molecule has 0 unspecified atom stereocenters. The van der Waals surface area contributed by atoms with Crippen molar-refractivity contribution in [2.24, 2.45) is 0 Å². The van der Waals surface area contributed by atoms with Crippen molar-refractivity contribution >= 4 is 5.91 Å². The first-order chi connectivity index (χ1) is 11.4. The molecule has 0 saturated heterocycles. The van der Waals surface area contributed by atoms with Crippen LogP contribution in [0.3, 0.4) is 0 Å². The Labute approximate surface area is 139 Å². The van der Waals surface area contributed by atoms with Gasteiger partial charge in [-0.3, -0.25) is 4.79 Å². The molecule has 0 saturated carbocycles. The van der Waals surface area contributed by atoms with Crippen LogP contribution < -0.4 is 10.1 Å². The molecule has 24 heavy (non-hydrogen) atoms. The monoisotopic (exact) mass is 335 g/mol. The molecule has 0 bridgehead atoms. The van der Waals surface area contributed by atoms with Crippen LogP contribution in [0.5, 0.6) is 11.6 Å². The van der Waals surface area contributed by atoms with E-state index >= 15 is 0 Å². The number of amides is 1. The maximum Gasteiger partial charge on any atom is 0.234 e. The molecule has 0 spiro atoms. The lowest BCUT2D eigenvalue weighted by molar-refractivity contribution is -0.121. The molecular formula is C17H19F2N3O2. The van der Waals surface area contributed by atoms with Gasteiger partial charge in [0.2, 0.25) is 17.6 Å². The Balaban J connectivity index is 2.15. The van der Waals surface area contributed by atoms with Gasteiger partial charge in [0.1, 0.15) is 0 Å². The van der Waals surface area contributed by atoms with E-state index in [2.05, 4.69) is 10.3 Å². The van der Waals surface area contributed by atoms with Crippen molar-refractivity contribution in [1.82, 2.24) is 15.2 Å². The van der Waals surface area contributed by atoms with Crippen LogP contribution in [-0.4, -0.2) is 36.4 Å². The van der Waals surface area contributed by atoms with Gasteiger partial charge in [0, 0.05) is 18.3 Å². The molecular weight excluding hydrogens is 316 g/mol. The minimum absolute atomic E-state index is 0.116. The third kappa shape index (κ3) is 4.48. The maximum atomic E-state index is 13.9. The number of pyridine rings is 1. The number of hydrogen-bond donors (Lipinski definition) is 1. The summed E-state index contributed by atoms with van der Waals surface area (Å²) < 4.78 is 33.0. The normalized spacial score (nSPS) is 10.8. The fourth-order valence-corrected chi connectivity index (χ4v) is 2.00. The Hall–Kier alpha value is -2.54. The van der Waals surface area contributed by atoms with Crippen molar-refractivity contribution in [3.8, 4) is 11.6 Å². The number of ether oxygens (including phenoxy) is 1. The van der Waals surface area contributed by atoms with Crippen LogP contribution in [-0.2, 0) is 11.3 Å². The number of nitrogens with one attached hydrogen (secondary N) is 1. The molecule has 1 N–H and O–H groups in total. The van der Waals surface area contributed by atoms with E-state index < -0.39 is 11.6 Å². The summed E-state index contributed by atoms with van der Waals surface area (Å²) in [6.07, 6.45) is 1.48. The molecule has 1 heterocycles. The Kier molecular flexibility index (Phi) is 5.81. The molecule has 7 heteroatoms. The molecule has 2 rings (SSSR count). The van der Waals surface area contributed by atoms with Crippen LogP contribution in [0.25, 0.3) is 0 Å². The molecule has 1 aromatic heterocycles. The zero-order chi connectivity index (χ0) is 17.7. The number of benzene rings is 1. The Morgan fingerprint density at radius 1 is 1.25 bits per heavy atom. The van der Waals surface area contributed by atoms with Crippen molar-refractivity contribution < 1.29 is 18.3 Å². The van der Waals surface area contributed by atoms with E-state index in [1.54, 1.807) is 31.1 Å². The van der Waals surface area contributed by atoms with E-state index in [0.29, 0.717) is 5.56 Å². The van der Waals surface area contributed by atoms with Gasteiger partial charge in [-0.25, -0.2) is 9.37 Å². The van der Waals surface area contributed by atoms with Gasteiger partial charge in [0.05, 0.1) is 6.54 Å². The fraction of sp³-hybridized carbons (Fsp3) is 0.294. The number of halogens is 2. The summed E-state index contributed by atoms with van der Waals surface area (Å²) in [5.74, 6) is -2.32. The zero-order valence-corrected chi connectivity index (χ0v) is 13.8. The zero-order valence-electron chi connectivity index (χ0n) is 13.8. The van der Waals surface area contributed by atoms with Crippen LogP contribution in [0.1, 0.15) is 11.1 Å². The van der Waals surface area contributed by atoms with E-state index in [4.69, 9.17) is 4.74 Å². The third-order valence-electron chi connectivity index (χ3n) is 3.23. The largest absolute Gasteiger partial charge is 0.435 e. The topological polar surface area (TPSA) is 54.5 Å². The summed E-state index contributed by atoms with van der Waals surface area (Å²) >= 11 is 0. The number of carbonyl (C=O) groups excluding carboxylic acids is 1. The van der Waals surface area contributed by atoms with E-state index in [0.717, 1.165) is 0 Å². The highest BCUT2D eigenvalue weighted by molar-refractivity contribution is 5.77. The maximum absolute atomic E-state index is 13.9. The number of rotatable bonds is 6. The standard InChI is InChI=1S/C17H19F2N3O2/c1-11-6-7-13(16(19)15(11)18)24-17-12(5-4-8-20-17)9-21-14(23)10-22(2)3/h4-8H,9-10H2,1-3H3,(H,21,23). The first kappa shape index (κ1) is 17.8. The molecule has 0 aliphatic heterocycles. The molecule has 0 atom stereocenters. The quantitative estimate of drug-likeness (QED) is 0.882. The van der Waals surface area contributed by atoms with Crippen LogP contribution in [0.2, 0.25) is 0 Å². The van der Waals surface area contributed by atoms with Gasteiger partial charge in [-0.15, -0.1) is 0 Å².